The second kappa shape index (κ2) is 12.2. The third-order valence-corrected chi connectivity index (χ3v) is 5.27. The lowest BCUT2D eigenvalue weighted by Crippen LogP contribution is -2.37. The average molecular weight is 525 g/mol. The molecule has 3 rings (SSSR count). The van der Waals surface area contributed by atoms with Crippen LogP contribution in [-0.4, -0.2) is 28.7 Å². The molecule has 7 heteroatoms. The van der Waals surface area contributed by atoms with Gasteiger partial charge in [0.25, 0.3) is 0 Å². The summed E-state index contributed by atoms with van der Waals surface area (Å²) in [6.07, 6.45) is 9.11. The molecule has 6 nitrogen and oxygen atoms in total. The molecule has 2 N–H and O–H groups in total. The van der Waals surface area contributed by atoms with Gasteiger partial charge >= 0.3 is 0 Å². The van der Waals surface area contributed by atoms with Crippen LogP contribution >= 0.6 is 24.0 Å². The highest BCUT2D eigenvalue weighted by atomic mass is 127. The highest BCUT2D eigenvalue weighted by Gasteiger charge is 2.18. The Morgan fingerprint density at radius 1 is 1.23 bits per heavy atom. The Morgan fingerprint density at radius 3 is 2.67 bits per heavy atom. The highest BCUT2D eigenvalue weighted by molar-refractivity contribution is 14.0. The number of aromatic nitrogens is 2. The molecule has 0 bridgehead atoms. The topological polar surface area (TPSA) is 63.5 Å². The molecule has 2 aromatic rings. The van der Waals surface area contributed by atoms with E-state index in [0.29, 0.717) is 25.1 Å². The minimum atomic E-state index is 0. The predicted octanol–water partition coefficient (Wildman–Crippen LogP) is 4.65. The van der Waals surface area contributed by atoms with Gasteiger partial charge in [-0.1, -0.05) is 26.0 Å². The fraction of sp³-hybridized carbons (Fsp3) is 0.565. The maximum atomic E-state index is 6.31. The third kappa shape index (κ3) is 7.18. The summed E-state index contributed by atoms with van der Waals surface area (Å²) in [5.41, 5.74) is 2.38. The van der Waals surface area contributed by atoms with E-state index in [9.17, 15) is 0 Å². The van der Waals surface area contributed by atoms with Crippen LogP contribution in [0, 0.1) is 12.8 Å². The van der Waals surface area contributed by atoms with Crippen molar-refractivity contribution in [3.8, 4) is 5.75 Å². The van der Waals surface area contributed by atoms with Gasteiger partial charge in [-0.3, -0.25) is 4.99 Å². The Morgan fingerprint density at radius 2 is 1.97 bits per heavy atom. The van der Waals surface area contributed by atoms with Crippen LogP contribution in [0.15, 0.2) is 35.6 Å². The summed E-state index contributed by atoms with van der Waals surface area (Å²) in [7, 11) is 1.79. The Hall–Kier alpha value is -1.77. The molecule has 166 valence electrons. The van der Waals surface area contributed by atoms with Gasteiger partial charge in [-0.2, -0.15) is 0 Å². The number of benzene rings is 1. The van der Waals surface area contributed by atoms with E-state index in [1.54, 1.807) is 7.05 Å². The molecule has 1 aromatic heterocycles. The van der Waals surface area contributed by atoms with Crippen molar-refractivity contribution in [2.75, 3.05) is 7.05 Å². The Balaban J connectivity index is 0.00000320. The number of aryl methyl sites for hydroxylation is 1. The lowest BCUT2D eigenvalue weighted by atomic mass is 10.1. The summed E-state index contributed by atoms with van der Waals surface area (Å²) in [6, 6.07) is 6.43. The normalized spacial score (nSPS) is 14.6. The number of nitrogens with zero attached hydrogens (tertiary/aromatic N) is 3. The average Bonchev–Trinajstić information content (AvgIpc) is 3.35. The van der Waals surface area contributed by atoms with E-state index in [1.807, 2.05) is 12.4 Å². The predicted molar refractivity (Wildman–Crippen MR) is 134 cm³/mol. The van der Waals surface area contributed by atoms with Crippen LogP contribution < -0.4 is 15.4 Å². The standard InChI is InChI=1S/C23H35N5O.HI/c1-17(2)16-28-12-11-25-22(28)15-27-23(24-4)26-14-19-10-9-18(3)13-21(19)29-20-7-5-6-8-20;/h9-13,17,20H,5-8,14-16H2,1-4H3,(H2,24,26,27);1H. The number of nitrogens with one attached hydrogen (secondary N) is 2. The van der Waals surface area contributed by atoms with E-state index in [4.69, 9.17) is 4.74 Å². The van der Waals surface area contributed by atoms with E-state index >= 15 is 0 Å². The van der Waals surface area contributed by atoms with Gasteiger partial charge in [-0.15, -0.1) is 24.0 Å². The van der Waals surface area contributed by atoms with E-state index in [1.165, 1.54) is 18.4 Å². The van der Waals surface area contributed by atoms with Crippen LogP contribution in [0.2, 0.25) is 0 Å². The number of imidazole rings is 1. The van der Waals surface area contributed by atoms with Gasteiger partial charge in [0.1, 0.15) is 11.6 Å². The van der Waals surface area contributed by atoms with E-state index < -0.39 is 0 Å². The zero-order chi connectivity index (χ0) is 20.6. The SMILES string of the molecule is CN=C(NCc1ccc(C)cc1OC1CCCC1)NCc1nccn1CC(C)C.I. The maximum absolute atomic E-state index is 6.31. The van der Waals surface area contributed by atoms with Crippen LogP contribution in [0.3, 0.4) is 0 Å². The number of halogens is 1. The van der Waals surface area contributed by atoms with Crippen molar-refractivity contribution in [3.05, 3.63) is 47.5 Å². The first-order valence-electron chi connectivity index (χ1n) is 10.8. The summed E-state index contributed by atoms with van der Waals surface area (Å²) in [6.45, 7) is 8.81. The molecule has 1 aliphatic carbocycles. The first kappa shape index (κ1) is 24.5. The van der Waals surface area contributed by atoms with Crippen molar-refractivity contribution in [1.82, 2.24) is 20.2 Å². The van der Waals surface area contributed by atoms with Gasteiger partial charge in [0.05, 0.1) is 12.6 Å². The molecule has 0 atom stereocenters. The summed E-state index contributed by atoms with van der Waals surface area (Å²) in [5.74, 6) is 3.35. The first-order valence-corrected chi connectivity index (χ1v) is 10.8. The molecule has 1 aromatic carbocycles. The van der Waals surface area contributed by atoms with Gasteiger partial charge < -0.3 is 19.9 Å². The fourth-order valence-corrected chi connectivity index (χ4v) is 3.73. The monoisotopic (exact) mass is 525 g/mol. The Bertz CT molecular complexity index is 812. The largest absolute Gasteiger partial charge is 0.490 e. The molecule has 1 saturated carbocycles. The molecule has 0 aliphatic heterocycles. The fourth-order valence-electron chi connectivity index (χ4n) is 3.73. The number of hydrogen-bond donors (Lipinski definition) is 2. The van der Waals surface area contributed by atoms with Crippen molar-refractivity contribution >= 4 is 29.9 Å². The van der Waals surface area contributed by atoms with Gasteiger partial charge in [0.2, 0.25) is 0 Å². The van der Waals surface area contributed by atoms with Crippen molar-refractivity contribution in [3.63, 3.8) is 0 Å². The highest BCUT2D eigenvalue weighted by Crippen LogP contribution is 2.27. The Labute approximate surface area is 197 Å². The van der Waals surface area contributed by atoms with Crippen LogP contribution in [0.25, 0.3) is 0 Å². The van der Waals surface area contributed by atoms with Gasteiger partial charge in [0.15, 0.2) is 5.96 Å². The molecule has 1 aliphatic rings. The van der Waals surface area contributed by atoms with Crippen molar-refractivity contribution in [1.29, 1.82) is 0 Å². The zero-order valence-corrected chi connectivity index (χ0v) is 21.0. The Kier molecular flexibility index (Phi) is 9.94. The lowest BCUT2D eigenvalue weighted by Gasteiger charge is -2.19. The van der Waals surface area contributed by atoms with E-state index in [0.717, 1.165) is 42.5 Å². The number of hydrogen-bond acceptors (Lipinski definition) is 3. The third-order valence-electron chi connectivity index (χ3n) is 5.27. The summed E-state index contributed by atoms with van der Waals surface area (Å²) >= 11 is 0. The summed E-state index contributed by atoms with van der Waals surface area (Å²) in [4.78, 5) is 8.83. The summed E-state index contributed by atoms with van der Waals surface area (Å²) in [5, 5.41) is 6.79. The molecule has 30 heavy (non-hydrogen) atoms. The van der Waals surface area contributed by atoms with Crippen molar-refractivity contribution in [2.24, 2.45) is 10.9 Å². The first-order chi connectivity index (χ1) is 14.0. The molecule has 0 radical (unpaired) electrons. The van der Waals surface area contributed by atoms with Crippen LogP contribution in [0.1, 0.15) is 56.5 Å². The molecule has 0 unspecified atom stereocenters. The number of guanidine groups is 1. The lowest BCUT2D eigenvalue weighted by molar-refractivity contribution is 0.207. The smallest absolute Gasteiger partial charge is 0.191 e. The van der Waals surface area contributed by atoms with Gasteiger partial charge in [-0.25, -0.2) is 4.98 Å². The second-order valence-electron chi connectivity index (χ2n) is 8.30. The van der Waals surface area contributed by atoms with Crippen molar-refractivity contribution in [2.45, 2.75) is 72.2 Å². The molecular weight excluding hydrogens is 489 g/mol. The quantitative estimate of drug-likeness (QED) is 0.299. The molecule has 1 fully saturated rings. The van der Waals surface area contributed by atoms with Crippen LogP contribution in [0.4, 0.5) is 0 Å². The maximum Gasteiger partial charge on any atom is 0.191 e. The number of aliphatic imine (C=N–C) groups is 1. The minimum absolute atomic E-state index is 0. The van der Waals surface area contributed by atoms with E-state index in [2.05, 4.69) is 64.1 Å². The second-order valence-corrected chi connectivity index (χ2v) is 8.30. The minimum Gasteiger partial charge on any atom is -0.490 e. The molecular formula is C23H36IN5O. The van der Waals surface area contributed by atoms with Crippen LogP contribution in [-0.2, 0) is 19.6 Å². The molecule has 1 heterocycles. The van der Waals surface area contributed by atoms with Crippen LogP contribution in [0.5, 0.6) is 5.75 Å². The number of rotatable bonds is 8. The molecule has 0 amide bonds. The van der Waals surface area contributed by atoms with Gasteiger partial charge in [0, 0.05) is 38.1 Å². The molecule has 0 saturated heterocycles. The van der Waals surface area contributed by atoms with Crippen molar-refractivity contribution < 1.29 is 4.74 Å². The number of ether oxygens (including phenoxy) is 1. The van der Waals surface area contributed by atoms with Gasteiger partial charge in [-0.05, 0) is 50.2 Å². The summed E-state index contributed by atoms with van der Waals surface area (Å²) < 4.78 is 8.50. The van der Waals surface area contributed by atoms with E-state index in [-0.39, 0.29) is 24.0 Å². The zero-order valence-electron chi connectivity index (χ0n) is 18.6. The molecule has 0 spiro atoms.